The van der Waals surface area contributed by atoms with Crippen LogP contribution in [-0.4, -0.2) is 10.1 Å². The van der Waals surface area contributed by atoms with E-state index in [1.165, 1.54) is 5.56 Å². The zero-order valence-corrected chi connectivity index (χ0v) is 8.76. The molecule has 0 aliphatic heterocycles. The fraction of sp³-hybridized carbons (Fsp3) is 0.545. The van der Waals surface area contributed by atoms with Crippen molar-refractivity contribution in [1.82, 2.24) is 4.98 Å². The highest BCUT2D eigenvalue weighted by Crippen LogP contribution is 2.27. The van der Waals surface area contributed by atoms with Crippen molar-refractivity contribution in [2.24, 2.45) is 0 Å². The molecule has 13 heavy (non-hydrogen) atoms. The van der Waals surface area contributed by atoms with Gasteiger partial charge in [-0.25, -0.2) is 0 Å². The second-order valence-corrected chi connectivity index (χ2v) is 4.36. The number of rotatable bonds is 1. The number of aliphatic hydroxyl groups excluding tert-OH is 1. The predicted octanol–water partition coefficient (Wildman–Crippen LogP) is 2.18. The Morgan fingerprint density at radius 1 is 1.38 bits per heavy atom. The second kappa shape index (κ2) is 3.46. The normalized spacial score (nSPS) is 11.8. The summed E-state index contributed by atoms with van der Waals surface area (Å²) in [6, 6.07) is 1.99. The molecule has 1 aromatic rings. The van der Waals surface area contributed by atoms with E-state index in [1.54, 1.807) is 6.20 Å². The molecule has 0 radical (unpaired) electrons. The number of nitrogens with zero attached hydrogens (tertiary/aromatic N) is 1. The molecule has 72 valence electrons. The zero-order valence-electron chi connectivity index (χ0n) is 8.76. The van der Waals surface area contributed by atoms with Gasteiger partial charge < -0.3 is 5.11 Å². The zero-order chi connectivity index (χ0) is 10.1. The van der Waals surface area contributed by atoms with Crippen LogP contribution in [0.4, 0.5) is 0 Å². The maximum atomic E-state index is 9.14. The highest BCUT2D eigenvalue weighted by atomic mass is 16.3. The van der Waals surface area contributed by atoms with Crippen LogP contribution in [0.1, 0.15) is 37.6 Å². The first kappa shape index (κ1) is 10.2. The minimum atomic E-state index is 0.0221. The van der Waals surface area contributed by atoms with E-state index >= 15 is 0 Å². The lowest BCUT2D eigenvalue weighted by atomic mass is 9.83. The lowest BCUT2D eigenvalue weighted by molar-refractivity contribution is 0.273. The first-order valence-corrected chi connectivity index (χ1v) is 4.52. The Morgan fingerprint density at radius 3 is 2.38 bits per heavy atom. The van der Waals surface area contributed by atoms with E-state index in [-0.39, 0.29) is 12.0 Å². The van der Waals surface area contributed by atoms with Crippen molar-refractivity contribution in [2.75, 3.05) is 0 Å². The molecule has 1 N–H and O–H groups in total. The molecule has 0 spiro atoms. The molecule has 1 aromatic heterocycles. The van der Waals surface area contributed by atoms with E-state index < -0.39 is 0 Å². The second-order valence-electron chi connectivity index (χ2n) is 4.36. The summed E-state index contributed by atoms with van der Waals surface area (Å²) in [6.45, 7) is 8.48. The van der Waals surface area contributed by atoms with Crippen LogP contribution in [0.25, 0.3) is 0 Å². The monoisotopic (exact) mass is 179 g/mol. The molecule has 1 heterocycles. The summed E-state index contributed by atoms with van der Waals surface area (Å²) in [5.74, 6) is 0. The van der Waals surface area contributed by atoms with Crippen molar-refractivity contribution < 1.29 is 5.11 Å². The van der Waals surface area contributed by atoms with Gasteiger partial charge in [-0.2, -0.15) is 0 Å². The summed E-state index contributed by atoms with van der Waals surface area (Å²) in [4.78, 5) is 4.17. The molecule has 0 aliphatic carbocycles. The van der Waals surface area contributed by atoms with Gasteiger partial charge in [-0.1, -0.05) is 20.8 Å². The van der Waals surface area contributed by atoms with Gasteiger partial charge in [-0.05, 0) is 29.5 Å². The smallest absolute Gasteiger partial charge is 0.0856 e. The summed E-state index contributed by atoms with van der Waals surface area (Å²) >= 11 is 0. The largest absolute Gasteiger partial charge is 0.390 e. The van der Waals surface area contributed by atoms with E-state index in [1.807, 2.05) is 6.07 Å². The molecule has 0 aromatic carbocycles. The Morgan fingerprint density at radius 2 is 2.00 bits per heavy atom. The van der Waals surface area contributed by atoms with Crippen molar-refractivity contribution >= 4 is 0 Å². The predicted molar refractivity (Wildman–Crippen MR) is 53.6 cm³/mol. The minimum absolute atomic E-state index is 0.0221. The SMILES string of the molecule is Cc1ccnc(CO)c1C(C)(C)C. The van der Waals surface area contributed by atoms with E-state index in [9.17, 15) is 0 Å². The summed E-state index contributed by atoms with van der Waals surface area (Å²) in [5.41, 5.74) is 3.22. The lowest BCUT2D eigenvalue weighted by Crippen LogP contribution is -2.17. The summed E-state index contributed by atoms with van der Waals surface area (Å²) in [7, 11) is 0. The molecular formula is C11H17NO. The highest BCUT2D eigenvalue weighted by Gasteiger charge is 2.20. The summed E-state index contributed by atoms with van der Waals surface area (Å²) < 4.78 is 0. The Labute approximate surface area is 79.6 Å². The van der Waals surface area contributed by atoms with Gasteiger partial charge in [-0.15, -0.1) is 0 Å². The molecular weight excluding hydrogens is 162 g/mol. The van der Waals surface area contributed by atoms with Crippen LogP contribution in [0.2, 0.25) is 0 Å². The molecule has 0 fully saturated rings. The van der Waals surface area contributed by atoms with Crippen molar-refractivity contribution in [1.29, 1.82) is 0 Å². The van der Waals surface area contributed by atoms with Crippen LogP contribution in [0.3, 0.4) is 0 Å². The van der Waals surface area contributed by atoms with Crippen molar-refractivity contribution in [2.45, 2.75) is 39.7 Å². The topological polar surface area (TPSA) is 33.1 Å². The molecule has 0 amide bonds. The van der Waals surface area contributed by atoms with Crippen LogP contribution in [0.5, 0.6) is 0 Å². The molecule has 0 unspecified atom stereocenters. The van der Waals surface area contributed by atoms with Gasteiger partial charge in [-0.3, -0.25) is 4.98 Å². The summed E-state index contributed by atoms with van der Waals surface area (Å²) in [5, 5.41) is 9.14. The number of hydrogen-bond acceptors (Lipinski definition) is 2. The maximum absolute atomic E-state index is 9.14. The molecule has 2 heteroatoms. The molecule has 0 saturated heterocycles. The quantitative estimate of drug-likeness (QED) is 0.716. The molecule has 2 nitrogen and oxygen atoms in total. The van der Waals surface area contributed by atoms with Crippen LogP contribution in [0.15, 0.2) is 12.3 Å². The van der Waals surface area contributed by atoms with Crippen LogP contribution in [0, 0.1) is 6.92 Å². The third kappa shape index (κ3) is 2.07. The van der Waals surface area contributed by atoms with Crippen molar-refractivity contribution in [3.05, 3.63) is 29.1 Å². The van der Waals surface area contributed by atoms with Crippen molar-refractivity contribution in [3.63, 3.8) is 0 Å². The first-order chi connectivity index (χ1) is 5.96. The molecule has 0 aliphatic rings. The molecule has 1 rings (SSSR count). The molecule has 0 atom stereocenters. The molecule has 0 saturated carbocycles. The molecule has 0 bridgehead atoms. The minimum Gasteiger partial charge on any atom is -0.390 e. The van der Waals surface area contributed by atoms with Gasteiger partial charge in [0.2, 0.25) is 0 Å². The number of aromatic nitrogens is 1. The third-order valence-corrected chi connectivity index (χ3v) is 2.14. The Bertz CT molecular complexity index is 299. The number of aliphatic hydroxyl groups is 1. The van der Waals surface area contributed by atoms with Crippen LogP contribution in [-0.2, 0) is 12.0 Å². The Hall–Kier alpha value is -0.890. The van der Waals surface area contributed by atoms with Gasteiger partial charge >= 0.3 is 0 Å². The average Bonchev–Trinajstić information content (AvgIpc) is 2.01. The lowest BCUT2D eigenvalue weighted by Gasteiger charge is -2.23. The number of aryl methyl sites for hydroxylation is 1. The standard InChI is InChI=1S/C11H17NO/c1-8-5-6-12-9(7-13)10(8)11(2,3)4/h5-6,13H,7H2,1-4H3. The number of pyridine rings is 1. The Kier molecular flexibility index (Phi) is 2.71. The van der Waals surface area contributed by atoms with Crippen LogP contribution >= 0.6 is 0 Å². The number of hydrogen-bond donors (Lipinski definition) is 1. The van der Waals surface area contributed by atoms with Crippen molar-refractivity contribution in [3.8, 4) is 0 Å². The fourth-order valence-corrected chi connectivity index (χ4v) is 1.76. The van der Waals surface area contributed by atoms with Crippen LogP contribution < -0.4 is 0 Å². The average molecular weight is 179 g/mol. The maximum Gasteiger partial charge on any atom is 0.0856 e. The van der Waals surface area contributed by atoms with Gasteiger partial charge in [0, 0.05) is 6.20 Å². The third-order valence-electron chi connectivity index (χ3n) is 2.14. The summed E-state index contributed by atoms with van der Waals surface area (Å²) in [6.07, 6.45) is 1.75. The highest BCUT2D eigenvalue weighted by molar-refractivity contribution is 5.34. The van der Waals surface area contributed by atoms with Gasteiger partial charge in [0.1, 0.15) is 0 Å². The van der Waals surface area contributed by atoms with E-state index in [2.05, 4.69) is 32.7 Å². The van der Waals surface area contributed by atoms with Gasteiger partial charge in [0.05, 0.1) is 12.3 Å². The van der Waals surface area contributed by atoms with E-state index in [0.717, 1.165) is 11.3 Å². The Balaban J connectivity index is 3.32. The van der Waals surface area contributed by atoms with E-state index in [4.69, 9.17) is 5.11 Å². The fourth-order valence-electron chi connectivity index (χ4n) is 1.76. The first-order valence-electron chi connectivity index (χ1n) is 4.52. The van der Waals surface area contributed by atoms with Gasteiger partial charge in [0.25, 0.3) is 0 Å². The van der Waals surface area contributed by atoms with Gasteiger partial charge in [0.15, 0.2) is 0 Å². The van der Waals surface area contributed by atoms with E-state index in [0.29, 0.717) is 0 Å².